The predicted octanol–water partition coefficient (Wildman–Crippen LogP) is 0.959. The molecule has 0 bridgehead atoms. The van der Waals surface area contributed by atoms with E-state index in [0.717, 1.165) is 10.7 Å². The third kappa shape index (κ3) is 2.73. The number of imidazole rings is 1. The molecule has 0 fully saturated rings. The maximum Gasteiger partial charge on any atom is 0.193 e. The molecular formula is C11H17N3O2S2. The number of rotatable bonds is 5. The van der Waals surface area contributed by atoms with Gasteiger partial charge in [0, 0.05) is 36.5 Å². The van der Waals surface area contributed by atoms with Gasteiger partial charge in [0.1, 0.15) is 0 Å². The fraction of sp³-hybridized carbons (Fsp3) is 0.545. The van der Waals surface area contributed by atoms with Crippen LogP contribution in [0.3, 0.4) is 0 Å². The molecular weight excluding hydrogens is 270 g/mol. The minimum atomic E-state index is -3.05. The Labute approximate surface area is 111 Å². The smallest absolute Gasteiger partial charge is 0.193 e. The fourth-order valence-corrected chi connectivity index (χ4v) is 3.45. The van der Waals surface area contributed by atoms with Gasteiger partial charge in [-0.15, -0.1) is 11.3 Å². The summed E-state index contributed by atoms with van der Waals surface area (Å²) in [5, 5.41) is 4.61. The minimum Gasteiger partial charge on any atom is -0.315 e. The van der Waals surface area contributed by atoms with Crippen molar-refractivity contribution in [1.29, 1.82) is 0 Å². The first-order chi connectivity index (χ1) is 8.41. The molecule has 18 heavy (non-hydrogen) atoms. The molecule has 0 aliphatic heterocycles. The number of sulfone groups is 1. The number of fused-ring (bicyclic) bond motifs is 1. The van der Waals surface area contributed by atoms with Gasteiger partial charge in [-0.1, -0.05) is 0 Å². The van der Waals surface area contributed by atoms with Gasteiger partial charge in [-0.05, 0) is 14.0 Å². The first-order valence-electron chi connectivity index (χ1n) is 5.69. The van der Waals surface area contributed by atoms with Crippen LogP contribution in [-0.4, -0.2) is 42.4 Å². The van der Waals surface area contributed by atoms with Gasteiger partial charge in [0.05, 0.1) is 10.9 Å². The number of hydrogen-bond donors (Lipinski definition) is 1. The molecule has 2 rings (SSSR count). The summed E-state index contributed by atoms with van der Waals surface area (Å²) in [5.74, 6) is 0. The van der Waals surface area contributed by atoms with E-state index in [4.69, 9.17) is 0 Å². The molecule has 0 aliphatic carbocycles. The highest BCUT2D eigenvalue weighted by Crippen LogP contribution is 2.15. The topological polar surface area (TPSA) is 63.5 Å². The molecule has 0 spiro atoms. The van der Waals surface area contributed by atoms with Crippen LogP contribution >= 0.6 is 11.3 Å². The van der Waals surface area contributed by atoms with Gasteiger partial charge >= 0.3 is 0 Å². The summed E-state index contributed by atoms with van der Waals surface area (Å²) < 4.78 is 25.1. The van der Waals surface area contributed by atoms with Crippen molar-refractivity contribution in [2.75, 3.05) is 13.3 Å². The largest absolute Gasteiger partial charge is 0.315 e. The van der Waals surface area contributed by atoms with Gasteiger partial charge in [-0.3, -0.25) is 4.40 Å². The minimum absolute atomic E-state index is 0.121. The van der Waals surface area contributed by atoms with E-state index in [0.29, 0.717) is 6.42 Å². The highest BCUT2D eigenvalue weighted by atomic mass is 32.2. The second kappa shape index (κ2) is 4.99. The summed E-state index contributed by atoms with van der Waals surface area (Å²) in [6.07, 6.45) is 5.78. The van der Waals surface area contributed by atoms with E-state index in [1.54, 1.807) is 25.3 Å². The average molecular weight is 287 g/mol. The van der Waals surface area contributed by atoms with Crippen molar-refractivity contribution >= 4 is 26.1 Å². The van der Waals surface area contributed by atoms with Crippen molar-refractivity contribution in [3.63, 3.8) is 0 Å². The molecule has 0 radical (unpaired) electrons. The maximum atomic E-state index is 11.6. The Morgan fingerprint density at radius 2 is 2.28 bits per heavy atom. The van der Waals surface area contributed by atoms with Gasteiger partial charge < -0.3 is 5.32 Å². The van der Waals surface area contributed by atoms with E-state index in [1.165, 1.54) is 6.26 Å². The van der Waals surface area contributed by atoms with E-state index in [-0.39, 0.29) is 6.04 Å². The molecule has 2 aromatic rings. The van der Waals surface area contributed by atoms with Crippen LogP contribution < -0.4 is 5.32 Å². The molecule has 5 nitrogen and oxygen atoms in total. The zero-order valence-corrected chi connectivity index (χ0v) is 12.3. The second-order valence-corrected chi connectivity index (χ2v) is 7.73. The lowest BCUT2D eigenvalue weighted by Crippen LogP contribution is -2.42. The Morgan fingerprint density at radius 1 is 1.56 bits per heavy atom. The highest BCUT2D eigenvalue weighted by Gasteiger charge is 2.25. The Kier molecular flexibility index (Phi) is 3.74. The summed E-state index contributed by atoms with van der Waals surface area (Å²) in [5.41, 5.74) is 0.914. The Hall–Kier alpha value is -0.920. The van der Waals surface area contributed by atoms with Gasteiger partial charge in [0.15, 0.2) is 14.8 Å². The normalized spacial score (nSPS) is 15.9. The van der Waals surface area contributed by atoms with Crippen LogP contribution in [0.15, 0.2) is 17.8 Å². The summed E-state index contributed by atoms with van der Waals surface area (Å²) in [7, 11) is -1.26. The highest BCUT2D eigenvalue weighted by molar-refractivity contribution is 7.91. The van der Waals surface area contributed by atoms with Crippen molar-refractivity contribution in [2.45, 2.75) is 24.6 Å². The van der Waals surface area contributed by atoms with Crippen molar-refractivity contribution < 1.29 is 8.42 Å². The first kappa shape index (κ1) is 13.5. The molecule has 0 saturated carbocycles. The molecule has 2 unspecified atom stereocenters. The van der Waals surface area contributed by atoms with Gasteiger partial charge in [0.2, 0.25) is 0 Å². The van der Waals surface area contributed by atoms with Crippen LogP contribution in [0.25, 0.3) is 4.96 Å². The molecule has 100 valence electrons. The van der Waals surface area contributed by atoms with Crippen molar-refractivity contribution in [2.24, 2.45) is 0 Å². The zero-order chi connectivity index (χ0) is 13.3. The number of nitrogens with zero attached hydrogens (tertiary/aromatic N) is 2. The monoisotopic (exact) mass is 287 g/mol. The number of aromatic nitrogens is 2. The van der Waals surface area contributed by atoms with E-state index >= 15 is 0 Å². The zero-order valence-electron chi connectivity index (χ0n) is 10.6. The van der Waals surface area contributed by atoms with Crippen LogP contribution in [0.5, 0.6) is 0 Å². The summed E-state index contributed by atoms with van der Waals surface area (Å²) in [6.45, 7) is 1.73. The number of nitrogens with one attached hydrogen (secondary N) is 1. The van der Waals surface area contributed by atoms with Crippen LogP contribution in [0.1, 0.15) is 12.6 Å². The molecule has 2 heterocycles. The molecule has 0 aliphatic rings. The number of thiazole rings is 1. The van der Waals surface area contributed by atoms with Crippen molar-refractivity contribution in [3.05, 3.63) is 23.5 Å². The van der Waals surface area contributed by atoms with Crippen molar-refractivity contribution in [3.8, 4) is 0 Å². The van der Waals surface area contributed by atoms with Crippen LogP contribution in [-0.2, 0) is 16.3 Å². The van der Waals surface area contributed by atoms with Gasteiger partial charge in [-0.25, -0.2) is 13.4 Å². The second-order valence-electron chi connectivity index (χ2n) is 4.46. The summed E-state index contributed by atoms with van der Waals surface area (Å²) in [4.78, 5) is 5.41. The SMILES string of the molecule is CNC(Cc1cn2ccsc2n1)C(C)S(C)(=O)=O. The van der Waals surface area contributed by atoms with Gasteiger partial charge in [-0.2, -0.15) is 0 Å². The van der Waals surface area contributed by atoms with Crippen LogP contribution in [0.4, 0.5) is 0 Å². The Balaban J connectivity index is 2.18. The van der Waals surface area contributed by atoms with Crippen molar-refractivity contribution in [1.82, 2.24) is 14.7 Å². The summed E-state index contributed by atoms with van der Waals surface area (Å²) in [6, 6.07) is -0.121. The lowest BCUT2D eigenvalue weighted by Gasteiger charge is -2.21. The van der Waals surface area contributed by atoms with E-state index in [2.05, 4.69) is 10.3 Å². The van der Waals surface area contributed by atoms with E-state index in [1.807, 2.05) is 22.2 Å². The Bertz CT molecular complexity index is 601. The van der Waals surface area contributed by atoms with Gasteiger partial charge in [0.25, 0.3) is 0 Å². The molecule has 1 N–H and O–H groups in total. The summed E-state index contributed by atoms with van der Waals surface area (Å²) >= 11 is 1.57. The van der Waals surface area contributed by atoms with E-state index in [9.17, 15) is 8.42 Å². The Morgan fingerprint density at radius 3 is 2.83 bits per heavy atom. The third-order valence-electron chi connectivity index (χ3n) is 3.18. The quantitative estimate of drug-likeness (QED) is 0.889. The molecule has 0 aromatic carbocycles. The lowest BCUT2D eigenvalue weighted by molar-refractivity contribution is 0.513. The standard InChI is InChI=1S/C11H17N3O2S2/c1-8(18(3,15)16)10(12-2)6-9-7-14-4-5-17-11(14)13-9/h4-5,7-8,10,12H,6H2,1-3H3. The maximum absolute atomic E-state index is 11.6. The fourth-order valence-electron chi connectivity index (χ4n) is 1.90. The molecule has 0 amide bonds. The predicted molar refractivity (Wildman–Crippen MR) is 73.9 cm³/mol. The molecule has 0 saturated heterocycles. The average Bonchev–Trinajstić information content (AvgIpc) is 2.83. The van der Waals surface area contributed by atoms with Crippen LogP contribution in [0.2, 0.25) is 0 Å². The van der Waals surface area contributed by atoms with E-state index < -0.39 is 15.1 Å². The van der Waals surface area contributed by atoms with Crippen LogP contribution in [0, 0.1) is 0 Å². The first-order valence-corrected chi connectivity index (χ1v) is 8.52. The third-order valence-corrected chi connectivity index (χ3v) is 5.63. The number of likely N-dealkylation sites (N-methyl/N-ethyl adjacent to an activating group) is 1. The molecule has 7 heteroatoms. The molecule has 2 aromatic heterocycles. The molecule has 2 atom stereocenters. The number of hydrogen-bond acceptors (Lipinski definition) is 5. The lowest BCUT2D eigenvalue weighted by atomic mass is 10.1.